The minimum absolute atomic E-state index is 0.597. The molecule has 0 radical (unpaired) electrons. The van der Waals surface area contributed by atoms with E-state index in [1.165, 1.54) is 0 Å². The monoisotopic (exact) mass is 262 g/mol. The van der Waals surface area contributed by atoms with Crippen LogP contribution in [-0.4, -0.2) is 12.9 Å². The maximum absolute atomic E-state index is 11.2. The fraction of sp³-hybridized carbons (Fsp3) is 0.167. The maximum atomic E-state index is 11.2. The highest BCUT2D eigenvalue weighted by Gasteiger charge is 2.15. The lowest BCUT2D eigenvalue weighted by molar-refractivity contribution is 0.111. The van der Waals surface area contributed by atoms with E-state index in [1.54, 1.807) is 6.07 Å². The van der Waals surface area contributed by atoms with Gasteiger partial charge in [-0.05, 0) is 42.7 Å². The summed E-state index contributed by atoms with van der Waals surface area (Å²) in [6.45, 7) is 0.683. The second-order valence-electron chi connectivity index (χ2n) is 4.74. The van der Waals surface area contributed by atoms with Gasteiger partial charge < -0.3 is 4.74 Å². The molecule has 0 bridgehead atoms. The normalized spacial score (nSPS) is 12.6. The van der Waals surface area contributed by atoms with Crippen LogP contribution in [0.25, 0.3) is 0 Å². The van der Waals surface area contributed by atoms with Gasteiger partial charge in [0.15, 0.2) is 6.29 Å². The molecule has 2 aromatic rings. The molecule has 2 aromatic carbocycles. The first kappa shape index (κ1) is 12.5. The van der Waals surface area contributed by atoms with Crippen LogP contribution in [0.1, 0.15) is 33.5 Å². The molecule has 0 unspecified atom stereocenters. The number of carbonyl (C=O) groups excluding carboxylic acids is 1. The van der Waals surface area contributed by atoms with Crippen molar-refractivity contribution in [2.45, 2.75) is 12.8 Å². The lowest BCUT2D eigenvalue weighted by atomic mass is 9.99. The number of aryl methyl sites for hydroxylation is 1. The van der Waals surface area contributed by atoms with Crippen LogP contribution in [0.5, 0.6) is 5.75 Å². The molecule has 0 N–H and O–H groups in total. The predicted molar refractivity (Wildman–Crippen MR) is 78.1 cm³/mol. The zero-order chi connectivity index (χ0) is 13.8. The van der Waals surface area contributed by atoms with Crippen molar-refractivity contribution in [2.75, 3.05) is 6.61 Å². The lowest BCUT2D eigenvalue weighted by Crippen LogP contribution is -2.10. The second-order valence-corrected chi connectivity index (χ2v) is 4.74. The van der Waals surface area contributed by atoms with E-state index in [1.807, 2.05) is 36.4 Å². The molecule has 0 atom stereocenters. The summed E-state index contributed by atoms with van der Waals surface area (Å²) < 4.78 is 5.58. The number of benzene rings is 2. The summed E-state index contributed by atoms with van der Waals surface area (Å²) in [6, 6.07) is 13.6. The third-order valence-electron chi connectivity index (χ3n) is 3.28. The molecule has 0 aliphatic carbocycles. The Hall–Kier alpha value is -2.53. The molecule has 0 spiro atoms. The number of rotatable bonds is 1. The van der Waals surface area contributed by atoms with E-state index in [0.29, 0.717) is 12.2 Å². The molecule has 0 fully saturated rings. The molecule has 1 heterocycles. The largest absolute Gasteiger partial charge is 0.493 e. The third-order valence-corrected chi connectivity index (χ3v) is 3.28. The Balaban J connectivity index is 1.99. The van der Waals surface area contributed by atoms with Gasteiger partial charge in [0.25, 0.3) is 0 Å². The van der Waals surface area contributed by atoms with E-state index in [2.05, 4.69) is 11.8 Å². The SMILES string of the molecule is O=Cc1cc(C#Cc2ccccc2)cc2c1OCCC2. The van der Waals surface area contributed by atoms with Crippen LogP contribution >= 0.6 is 0 Å². The predicted octanol–water partition coefficient (Wildman–Crippen LogP) is 3.22. The molecule has 1 aliphatic rings. The summed E-state index contributed by atoms with van der Waals surface area (Å²) in [7, 11) is 0. The summed E-state index contributed by atoms with van der Waals surface area (Å²) in [5.74, 6) is 6.97. The van der Waals surface area contributed by atoms with Crippen LogP contribution in [0.3, 0.4) is 0 Å². The summed E-state index contributed by atoms with van der Waals surface area (Å²) in [5, 5.41) is 0. The lowest BCUT2D eigenvalue weighted by Gasteiger charge is -2.18. The fourth-order valence-electron chi connectivity index (χ4n) is 2.34. The van der Waals surface area contributed by atoms with Gasteiger partial charge in [0.05, 0.1) is 12.2 Å². The van der Waals surface area contributed by atoms with Gasteiger partial charge >= 0.3 is 0 Å². The Morgan fingerprint density at radius 2 is 1.85 bits per heavy atom. The zero-order valence-corrected chi connectivity index (χ0v) is 11.1. The van der Waals surface area contributed by atoms with Gasteiger partial charge in [-0.1, -0.05) is 30.0 Å². The molecule has 0 saturated carbocycles. The average molecular weight is 262 g/mol. The van der Waals surface area contributed by atoms with E-state index in [4.69, 9.17) is 4.74 Å². The Morgan fingerprint density at radius 1 is 1.05 bits per heavy atom. The minimum atomic E-state index is 0.597. The molecule has 1 aliphatic heterocycles. The van der Waals surface area contributed by atoms with E-state index in [-0.39, 0.29) is 0 Å². The van der Waals surface area contributed by atoms with Gasteiger partial charge in [-0.25, -0.2) is 0 Å². The molecular formula is C18H14O2. The van der Waals surface area contributed by atoms with E-state index in [9.17, 15) is 4.79 Å². The maximum Gasteiger partial charge on any atom is 0.153 e. The highest BCUT2D eigenvalue weighted by molar-refractivity contribution is 5.81. The number of ether oxygens (including phenoxy) is 1. The Labute approximate surface area is 118 Å². The first-order chi connectivity index (χ1) is 9.86. The van der Waals surface area contributed by atoms with Gasteiger partial charge in [-0.15, -0.1) is 0 Å². The first-order valence-electron chi connectivity index (χ1n) is 6.69. The molecule has 3 rings (SSSR count). The van der Waals surface area contributed by atoms with Crippen LogP contribution < -0.4 is 4.74 Å². The van der Waals surface area contributed by atoms with Crippen LogP contribution in [-0.2, 0) is 6.42 Å². The van der Waals surface area contributed by atoms with Gasteiger partial charge in [0, 0.05) is 11.1 Å². The molecule has 20 heavy (non-hydrogen) atoms. The molecule has 2 nitrogen and oxygen atoms in total. The van der Waals surface area contributed by atoms with E-state index < -0.39 is 0 Å². The van der Waals surface area contributed by atoms with Crippen molar-refractivity contribution in [3.05, 3.63) is 64.7 Å². The van der Waals surface area contributed by atoms with E-state index >= 15 is 0 Å². The second kappa shape index (κ2) is 5.63. The van der Waals surface area contributed by atoms with Crippen LogP contribution in [0.15, 0.2) is 42.5 Å². The summed E-state index contributed by atoms with van der Waals surface area (Å²) in [4.78, 5) is 11.2. The molecule has 0 saturated heterocycles. The van der Waals surface area contributed by atoms with Crippen molar-refractivity contribution in [2.24, 2.45) is 0 Å². The van der Waals surface area contributed by atoms with Gasteiger partial charge in [0.1, 0.15) is 5.75 Å². The molecule has 0 amide bonds. The van der Waals surface area contributed by atoms with Crippen LogP contribution in [0.4, 0.5) is 0 Å². The highest BCUT2D eigenvalue weighted by Crippen LogP contribution is 2.29. The molecule has 0 aromatic heterocycles. The average Bonchev–Trinajstić information content (AvgIpc) is 2.53. The van der Waals surface area contributed by atoms with Crippen LogP contribution in [0, 0.1) is 11.8 Å². The van der Waals surface area contributed by atoms with Gasteiger partial charge in [-0.3, -0.25) is 4.79 Å². The fourth-order valence-corrected chi connectivity index (χ4v) is 2.34. The standard InChI is InChI=1S/C18H14O2/c19-13-17-12-15(9-8-14-5-2-1-3-6-14)11-16-7-4-10-20-18(16)17/h1-3,5-6,11-13H,4,7,10H2. The van der Waals surface area contributed by atoms with Crippen molar-refractivity contribution in [1.29, 1.82) is 0 Å². The smallest absolute Gasteiger partial charge is 0.153 e. The Kier molecular flexibility index (Phi) is 3.52. The van der Waals surface area contributed by atoms with Crippen molar-refractivity contribution >= 4 is 6.29 Å². The van der Waals surface area contributed by atoms with Crippen molar-refractivity contribution in [3.63, 3.8) is 0 Å². The molecule has 98 valence electrons. The number of carbonyl (C=O) groups is 1. The minimum Gasteiger partial charge on any atom is -0.493 e. The Bertz CT molecular complexity index is 691. The van der Waals surface area contributed by atoms with Gasteiger partial charge in [-0.2, -0.15) is 0 Å². The molecular weight excluding hydrogens is 248 g/mol. The first-order valence-corrected chi connectivity index (χ1v) is 6.69. The van der Waals surface area contributed by atoms with Crippen molar-refractivity contribution in [3.8, 4) is 17.6 Å². The zero-order valence-electron chi connectivity index (χ0n) is 11.1. The number of fused-ring (bicyclic) bond motifs is 1. The molecule has 2 heteroatoms. The van der Waals surface area contributed by atoms with Gasteiger partial charge in [0.2, 0.25) is 0 Å². The number of aldehydes is 1. The third kappa shape index (κ3) is 2.57. The highest BCUT2D eigenvalue weighted by atomic mass is 16.5. The topological polar surface area (TPSA) is 26.3 Å². The van der Waals surface area contributed by atoms with Crippen LogP contribution in [0.2, 0.25) is 0 Å². The van der Waals surface area contributed by atoms with E-state index in [0.717, 1.165) is 41.6 Å². The Morgan fingerprint density at radius 3 is 2.65 bits per heavy atom. The van der Waals surface area contributed by atoms with Crippen molar-refractivity contribution in [1.82, 2.24) is 0 Å². The number of hydrogen-bond acceptors (Lipinski definition) is 2. The number of hydrogen-bond donors (Lipinski definition) is 0. The summed E-state index contributed by atoms with van der Waals surface area (Å²) in [5.41, 5.74) is 3.51. The quantitative estimate of drug-likeness (QED) is 0.582. The van der Waals surface area contributed by atoms with Crippen molar-refractivity contribution < 1.29 is 9.53 Å². The summed E-state index contributed by atoms with van der Waals surface area (Å²) in [6.07, 6.45) is 2.77. The summed E-state index contributed by atoms with van der Waals surface area (Å²) >= 11 is 0.